The number of rotatable bonds is 3. The molecule has 0 spiro atoms. The minimum Gasteiger partial charge on any atom is -0.399 e. The van der Waals surface area contributed by atoms with Crippen molar-refractivity contribution in [2.45, 2.75) is 37.9 Å². The molecule has 19 heavy (non-hydrogen) atoms. The van der Waals surface area contributed by atoms with Crippen molar-refractivity contribution < 1.29 is 8.42 Å². The molecule has 0 unspecified atom stereocenters. The van der Waals surface area contributed by atoms with E-state index in [9.17, 15) is 8.42 Å². The van der Waals surface area contributed by atoms with E-state index in [1.165, 1.54) is 6.42 Å². The summed E-state index contributed by atoms with van der Waals surface area (Å²) in [6, 6.07) is 7.12. The highest BCUT2D eigenvalue weighted by Crippen LogP contribution is 2.18. The summed E-state index contributed by atoms with van der Waals surface area (Å²) in [5, 5.41) is 0. The molecular weight excluding hydrogens is 260 g/mol. The lowest BCUT2D eigenvalue weighted by Gasteiger charge is -2.24. The standard InChI is InChI=1S/C14H22N2O2S/c15-14-8-6-7-13(11-14)12-19(17,18)16-9-4-2-1-3-5-10-16/h6-8,11H,1-5,9-10,12,15H2. The largest absolute Gasteiger partial charge is 0.399 e. The van der Waals surface area contributed by atoms with E-state index in [2.05, 4.69) is 0 Å². The zero-order valence-electron chi connectivity index (χ0n) is 11.2. The summed E-state index contributed by atoms with van der Waals surface area (Å²) in [4.78, 5) is 0. The van der Waals surface area contributed by atoms with Crippen LogP contribution in [0.15, 0.2) is 24.3 Å². The molecule has 0 atom stereocenters. The van der Waals surface area contributed by atoms with Gasteiger partial charge in [-0.15, -0.1) is 0 Å². The van der Waals surface area contributed by atoms with Crippen molar-refractivity contribution >= 4 is 15.7 Å². The highest BCUT2D eigenvalue weighted by atomic mass is 32.2. The van der Waals surface area contributed by atoms with E-state index >= 15 is 0 Å². The van der Waals surface area contributed by atoms with Gasteiger partial charge < -0.3 is 5.73 Å². The Morgan fingerprint density at radius 3 is 2.32 bits per heavy atom. The van der Waals surface area contributed by atoms with E-state index in [0.29, 0.717) is 18.8 Å². The Hall–Kier alpha value is -1.07. The van der Waals surface area contributed by atoms with Crippen LogP contribution in [0.25, 0.3) is 0 Å². The van der Waals surface area contributed by atoms with E-state index in [4.69, 9.17) is 5.73 Å². The SMILES string of the molecule is Nc1cccc(CS(=O)(=O)N2CCCCCCC2)c1. The van der Waals surface area contributed by atoms with E-state index in [-0.39, 0.29) is 5.75 Å². The number of sulfonamides is 1. The third-order valence-corrected chi connectivity index (χ3v) is 5.36. The number of hydrogen-bond acceptors (Lipinski definition) is 3. The second-order valence-corrected chi connectivity index (χ2v) is 7.14. The molecule has 0 saturated carbocycles. The summed E-state index contributed by atoms with van der Waals surface area (Å²) in [5.74, 6) is 0.0536. The summed E-state index contributed by atoms with van der Waals surface area (Å²) in [6.45, 7) is 1.31. The molecule has 0 aliphatic carbocycles. The molecule has 4 nitrogen and oxygen atoms in total. The maximum atomic E-state index is 12.4. The third-order valence-electron chi connectivity index (χ3n) is 3.51. The number of anilines is 1. The van der Waals surface area contributed by atoms with Crippen molar-refractivity contribution in [3.63, 3.8) is 0 Å². The van der Waals surface area contributed by atoms with Gasteiger partial charge in [0.1, 0.15) is 0 Å². The minimum atomic E-state index is -3.21. The first-order valence-corrected chi connectivity index (χ1v) is 8.51. The van der Waals surface area contributed by atoms with Crippen LogP contribution in [-0.4, -0.2) is 25.8 Å². The molecule has 0 aromatic heterocycles. The summed E-state index contributed by atoms with van der Waals surface area (Å²) >= 11 is 0. The van der Waals surface area contributed by atoms with Crippen LogP contribution in [0.3, 0.4) is 0 Å². The summed E-state index contributed by atoms with van der Waals surface area (Å²) in [5.41, 5.74) is 7.07. The number of nitrogen functional groups attached to an aromatic ring is 1. The summed E-state index contributed by atoms with van der Waals surface area (Å²) < 4.78 is 26.5. The van der Waals surface area contributed by atoms with Gasteiger partial charge in [0.2, 0.25) is 10.0 Å². The molecular formula is C14H22N2O2S. The number of nitrogens with zero attached hydrogens (tertiary/aromatic N) is 1. The lowest BCUT2D eigenvalue weighted by atomic mass is 10.1. The first-order chi connectivity index (χ1) is 9.08. The van der Waals surface area contributed by atoms with Gasteiger partial charge >= 0.3 is 0 Å². The normalized spacial score (nSPS) is 18.7. The molecule has 0 radical (unpaired) electrons. The molecule has 1 aromatic carbocycles. The Morgan fingerprint density at radius 1 is 1.05 bits per heavy atom. The van der Waals surface area contributed by atoms with Gasteiger partial charge in [-0.3, -0.25) is 0 Å². The fourth-order valence-electron chi connectivity index (χ4n) is 2.48. The molecule has 2 rings (SSSR count). The number of hydrogen-bond donors (Lipinski definition) is 1. The maximum absolute atomic E-state index is 12.4. The van der Waals surface area contributed by atoms with Gasteiger partial charge in [-0.05, 0) is 30.5 Å². The molecule has 1 aromatic rings. The van der Waals surface area contributed by atoms with Crippen molar-refractivity contribution in [3.05, 3.63) is 29.8 Å². The zero-order valence-corrected chi connectivity index (χ0v) is 12.0. The molecule has 1 saturated heterocycles. The Kier molecular flexibility index (Phi) is 4.82. The second-order valence-electron chi connectivity index (χ2n) is 5.17. The smallest absolute Gasteiger partial charge is 0.218 e. The highest BCUT2D eigenvalue weighted by Gasteiger charge is 2.22. The predicted molar refractivity (Wildman–Crippen MR) is 78.1 cm³/mol. The average Bonchev–Trinajstić information content (AvgIpc) is 2.26. The average molecular weight is 282 g/mol. The van der Waals surface area contributed by atoms with Gasteiger partial charge in [0.25, 0.3) is 0 Å². The van der Waals surface area contributed by atoms with E-state index < -0.39 is 10.0 Å². The summed E-state index contributed by atoms with van der Waals surface area (Å²) in [6.07, 6.45) is 5.42. The predicted octanol–water partition coefficient (Wildman–Crippen LogP) is 2.36. The summed E-state index contributed by atoms with van der Waals surface area (Å²) in [7, 11) is -3.21. The Labute approximate surface area is 115 Å². The van der Waals surface area contributed by atoms with Crippen molar-refractivity contribution in [1.82, 2.24) is 4.31 Å². The molecule has 1 fully saturated rings. The van der Waals surface area contributed by atoms with Gasteiger partial charge in [0.15, 0.2) is 0 Å². The van der Waals surface area contributed by atoms with Crippen LogP contribution in [0.4, 0.5) is 5.69 Å². The second kappa shape index (κ2) is 6.39. The minimum absolute atomic E-state index is 0.0536. The Balaban J connectivity index is 2.08. The van der Waals surface area contributed by atoms with Crippen LogP contribution < -0.4 is 5.73 Å². The van der Waals surface area contributed by atoms with Crippen LogP contribution in [0.2, 0.25) is 0 Å². The fraction of sp³-hybridized carbons (Fsp3) is 0.571. The van der Waals surface area contributed by atoms with Crippen molar-refractivity contribution in [3.8, 4) is 0 Å². The molecule has 0 amide bonds. The first kappa shape index (κ1) is 14.3. The Bertz CT molecular complexity index is 506. The van der Waals surface area contributed by atoms with Crippen molar-refractivity contribution in [1.29, 1.82) is 0 Å². The van der Waals surface area contributed by atoms with E-state index in [1.54, 1.807) is 22.5 Å². The molecule has 2 N–H and O–H groups in total. The van der Waals surface area contributed by atoms with Crippen LogP contribution in [-0.2, 0) is 15.8 Å². The van der Waals surface area contributed by atoms with Crippen molar-refractivity contribution in [2.75, 3.05) is 18.8 Å². The van der Waals surface area contributed by atoms with Gasteiger partial charge in [-0.1, -0.05) is 31.4 Å². The molecule has 1 heterocycles. The van der Waals surface area contributed by atoms with E-state index in [0.717, 1.165) is 31.2 Å². The van der Waals surface area contributed by atoms with Crippen LogP contribution in [0.5, 0.6) is 0 Å². The van der Waals surface area contributed by atoms with Gasteiger partial charge in [0.05, 0.1) is 5.75 Å². The molecule has 1 aliphatic heterocycles. The quantitative estimate of drug-likeness (QED) is 0.866. The van der Waals surface area contributed by atoms with Crippen LogP contribution in [0.1, 0.15) is 37.7 Å². The molecule has 5 heteroatoms. The Morgan fingerprint density at radius 2 is 1.68 bits per heavy atom. The fourth-order valence-corrected chi connectivity index (χ4v) is 4.08. The van der Waals surface area contributed by atoms with Gasteiger partial charge in [0, 0.05) is 18.8 Å². The molecule has 106 valence electrons. The lowest BCUT2D eigenvalue weighted by molar-refractivity contribution is 0.364. The first-order valence-electron chi connectivity index (χ1n) is 6.90. The van der Waals surface area contributed by atoms with Crippen LogP contribution >= 0.6 is 0 Å². The number of nitrogens with two attached hydrogens (primary N) is 1. The van der Waals surface area contributed by atoms with Crippen molar-refractivity contribution in [2.24, 2.45) is 0 Å². The molecule has 0 bridgehead atoms. The van der Waals surface area contributed by atoms with Crippen LogP contribution in [0, 0.1) is 0 Å². The topological polar surface area (TPSA) is 63.4 Å². The van der Waals surface area contributed by atoms with Gasteiger partial charge in [-0.25, -0.2) is 12.7 Å². The number of benzene rings is 1. The maximum Gasteiger partial charge on any atom is 0.218 e. The molecule has 1 aliphatic rings. The lowest BCUT2D eigenvalue weighted by Crippen LogP contribution is -2.34. The monoisotopic (exact) mass is 282 g/mol. The highest BCUT2D eigenvalue weighted by molar-refractivity contribution is 7.88. The third kappa shape index (κ3) is 4.21. The van der Waals surface area contributed by atoms with Gasteiger partial charge in [-0.2, -0.15) is 0 Å². The van der Waals surface area contributed by atoms with E-state index in [1.807, 2.05) is 6.07 Å². The zero-order chi connectivity index (χ0) is 13.7.